The van der Waals surface area contributed by atoms with Gasteiger partial charge in [0.1, 0.15) is 0 Å². The van der Waals surface area contributed by atoms with E-state index < -0.39 is 5.60 Å². The molecule has 0 bridgehead atoms. The summed E-state index contributed by atoms with van der Waals surface area (Å²) in [6.45, 7) is 5.37. The first-order valence-corrected chi connectivity index (χ1v) is 5.34. The third kappa shape index (κ3) is 2.45. The molecule has 1 aliphatic heterocycles. The normalized spacial score (nSPS) is 26.7. The van der Waals surface area contributed by atoms with Crippen molar-refractivity contribution < 1.29 is 5.11 Å². The summed E-state index contributed by atoms with van der Waals surface area (Å²) in [5.74, 6) is 0.731. The molecule has 0 aromatic carbocycles. The number of nitrogens with zero attached hydrogens (tertiary/aromatic N) is 3. The molecule has 1 aromatic heterocycles. The maximum absolute atomic E-state index is 9.98. The second-order valence-electron chi connectivity index (χ2n) is 4.52. The molecule has 4 nitrogen and oxygen atoms in total. The monoisotopic (exact) mass is 207 g/mol. The molecule has 4 heteroatoms. The van der Waals surface area contributed by atoms with Crippen molar-refractivity contribution in [2.75, 3.05) is 18.0 Å². The Hall–Kier alpha value is -1.16. The summed E-state index contributed by atoms with van der Waals surface area (Å²) < 4.78 is 0. The lowest BCUT2D eigenvalue weighted by atomic mass is 9.95. The lowest BCUT2D eigenvalue weighted by Gasteiger charge is -2.36. The molecule has 15 heavy (non-hydrogen) atoms. The van der Waals surface area contributed by atoms with Crippen LogP contribution in [0.4, 0.5) is 5.95 Å². The van der Waals surface area contributed by atoms with Crippen molar-refractivity contribution in [1.82, 2.24) is 9.97 Å². The highest BCUT2D eigenvalue weighted by molar-refractivity contribution is 5.31. The van der Waals surface area contributed by atoms with Crippen LogP contribution in [-0.2, 0) is 0 Å². The quantitative estimate of drug-likeness (QED) is 0.750. The zero-order valence-electron chi connectivity index (χ0n) is 9.27. The van der Waals surface area contributed by atoms with Gasteiger partial charge in [-0.05, 0) is 32.8 Å². The first-order chi connectivity index (χ1) is 7.07. The second-order valence-corrected chi connectivity index (χ2v) is 4.52. The molecule has 1 N–H and O–H groups in total. The molecule has 0 radical (unpaired) electrons. The Bertz CT molecular complexity index is 351. The van der Waals surface area contributed by atoms with Crippen LogP contribution in [0, 0.1) is 6.92 Å². The van der Waals surface area contributed by atoms with Gasteiger partial charge in [0, 0.05) is 25.0 Å². The highest BCUT2D eigenvalue weighted by atomic mass is 16.3. The van der Waals surface area contributed by atoms with E-state index in [-0.39, 0.29) is 0 Å². The van der Waals surface area contributed by atoms with Crippen LogP contribution in [0.25, 0.3) is 0 Å². The lowest BCUT2D eigenvalue weighted by molar-refractivity contribution is 0.0444. The number of aromatic nitrogens is 2. The van der Waals surface area contributed by atoms with Crippen molar-refractivity contribution in [3.8, 4) is 0 Å². The topological polar surface area (TPSA) is 49.2 Å². The maximum atomic E-state index is 9.98. The molecule has 1 saturated heterocycles. The van der Waals surface area contributed by atoms with E-state index in [0.717, 1.165) is 31.0 Å². The third-order valence-corrected chi connectivity index (χ3v) is 2.74. The van der Waals surface area contributed by atoms with E-state index in [2.05, 4.69) is 14.9 Å². The number of piperidine rings is 1. The highest BCUT2D eigenvalue weighted by Crippen LogP contribution is 2.22. The number of rotatable bonds is 1. The molecule has 1 aliphatic rings. The third-order valence-electron chi connectivity index (χ3n) is 2.74. The van der Waals surface area contributed by atoms with Crippen LogP contribution in [0.3, 0.4) is 0 Å². The van der Waals surface area contributed by atoms with Gasteiger partial charge in [-0.3, -0.25) is 0 Å². The molecule has 2 heterocycles. The van der Waals surface area contributed by atoms with Crippen molar-refractivity contribution >= 4 is 5.95 Å². The number of aliphatic hydroxyl groups is 1. The van der Waals surface area contributed by atoms with Crippen LogP contribution < -0.4 is 4.90 Å². The Morgan fingerprint density at radius 2 is 2.33 bits per heavy atom. The Morgan fingerprint density at radius 3 is 3.00 bits per heavy atom. The molecular formula is C11H17N3O. The Morgan fingerprint density at radius 1 is 1.53 bits per heavy atom. The largest absolute Gasteiger partial charge is 0.388 e. The summed E-state index contributed by atoms with van der Waals surface area (Å²) >= 11 is 0. The van der Waals surface area contributed by atoms with E-state index in [1.165, 1.54) is 0 Å². The minimum absolute atomic E-state index is 0.606. The van der Waals surface area contributed by atoms with Gasteiger partial charge in [0.05, 0.1) is 5.60 Å². The molecule has 1 fully saturated rings. The summed E-state index contributed by atoms with van der Waals surface area (Å²) in [6.07, 6.45) is 3.61. The summed E-state index contributed by atoms with van der Waals surface area (Å²) in [5.41, 5.74) is 0.357. The number of β-amino-alcohol motifs (C(OH)–C–C–N with tert-alkyl or cyclic N) is 1. The fourth-order valence-electron chi connectivity index (χ4n) is 1.98. The minimum Gasteiger partial charge on any atom is -0.388 e. The first-order valence-electron chi connectivity index (χ1n) is 5.34. The van der Waals surface area contributed by atoms with Gasteiger partial charge >= 0.3 is 0 Å². The predicted octanol–water partition coefficient (Wildman–Crippen LogP) is 1.14. The molecule has 1 aromatic rings. The van der Waals surface area contributed by atoms with Crippen LogP contribution in [0.2, 0.25) is 0 Å². The zero-order chi connectivity index (χ0) is 10.9. The maximum Gasteiger partial charge on any atom is 0.225 e. The van der Waals surface area contributed by atoms with Crippen LogP contribution in [0.1, 0.15) is 25.5 Å². The van der Waals surface area contributed by atoms with Crippen molar-refractivity contribution in [2.24, 2.45) is 0 Å². The highest BCUT2D eigenvalue weighted by Gasteiger charge is 2.29. The van der Waals surface area contributed by atoms with Crippen LogP contribution in [-0.4, -0.2) is 33.8 Å². The molecule has 0 saturated carbocycles. The van der Waals surface area contributed by atoms with E-state index in [4.69, 9.17) is 0 Å². The van der Waals surface area contributed by atoms with Crippen LogP contribution in [0.15, 0.2) is 12.3 Å². The fraction of sp³-hybridized carbons (Fsp3) is 0.636. The van der Waals surface area contributed by atoms with Gasteiger partial charge < -0.3 is 10.0 Å². The zero-order valence-corrected chi connectivity index (χ0v) is 9.27. The summed E-state index contributed by atoms with van der Waals surface area (Å²) in [6, 6.07) is 1.88. The van der Waals surface area contributed by atoms with Gasteiger partial charge in [-0.2, -0.15) is 0 Å². The first kappa shape index (κ1) is 10.4. The summed E-state index contributed by atoms with van der Waals surface area (Å²) in [7, 11) is 0. The molecule has 0 amide bonds. The summed E-state index contributed by atoms with van der Waals surface area (Å²) in [4.78, 5) is 10.7. The van der Waals surface area contributed by atoms with E-state index in [9.17, 15) is 5.11 Å². The average Bonchev–Trinajstić information content (AvgIpc) is 2.16. The van der Waals surface area contributed by atoms with Gasteiger partial charge in [0.2, 0.25) is 5.95 Å². The number of hydrogen-bond acceptors (Lipinski definition) is 4. The number of anilines is 1. The van der Waals surface area contributed by atoms with E-state index in [1.807, 2.05) is 19.9 Å². The van der Waals surface area contributed by atoms with E-state index >= 15 is 0 Å². The van der Waals surface area contributed by atoms with E-state index in [1.54, 1.807) is 6.20 Å². The van der Waals surface area contributed by atoms with Gasteiger partial charge in [-0.1, -0.05) is 0 Å². The molecule has 82 valence electrons. The van der Waals surface area contributed by atoms with Crippen LogP contribution in [0.5, 0.6) is 0 Å². The molecule has 0 aliphatic carbocycles. The number of aryl methyl sites for hydroxylation is 1. The van der Waals surface area contributed by atoms with Gasteiger partial charge in [0.25, 0.3) is 0 Å². The van der Waals surface area contributed by atoms with E-state index in [0.29, 0.717) is 6.54 Å². The molecule has 2 rings (SSSR count). The molecule has 1 atom stereocenters. The molecular weight excluding hydrogens is 190 g/mol. The van der Waals surface area contributed by atoms with Crippen molar-refractivity contribution in [1.29, 1.82) is 0 Å². The molecule has 0 spiro atoms. The standard InChI is InChI=1S/C11H17N3O/c1-9-4-6-12-10(13-9)14-7-3-5-11(2,15)8-14/h4,6,15H,3,5,7-8H2,1-2H3. The number of hydrogen-bond donors (Lipinski definition) is 1. The predicted molar refractivity (Wildman–Crippen MR) is 58.8 cm³/mol. The summed E-state index contributed by atoms with van der Waals surface area (Å²) in [5, 5.41) is 9.98. The Balaban J connectivity index is 2.17. The average molecular weight is 207 g/mol. The Kier molecular flexibility index (Phi) is 2.61. The fourth-order valence-corrected chi connectivity index (χ4v) is 1.98. The SMILES string of the molecule is Cc1ccnc(N2CCCC(C)(O)C2)n1. The lowest BCUT2D eigenvalue weighted by Crippen LogP contribution is -2.46. The van der Waals surface area contributed by atoms with Crippen LogP contribution >= 0.6 is 0 Å². The van der Waals surface area contributed by atoms with Crippen molar-refractivity contribution in [2.45, 2.75) is 32.3 Å². The smallest absolute Gasteiger partial charge is 0.225 e. The Labute approximate surface area is 90.0 Å². The minimum atomic E-state index is -0.606. The van der Waals surface area contributed by atoms with Gasteiger partial charge in [-0.25, -0.2) is 9.97 Å². The van der Waals surface area contributed by atoms with Gasteiger partial charge in [0.15, 0.2) is 0 Å². The molecule has 1 unspecified atom stereocenters. The second kappa shape index (κ2) is 3.77. The van der Waals surface area contributed by atoms with Gasteiger partial charge in [-0.15, -0.1) is 0 Å². The van der Waals surface area contributed by atoms with Crippen molar-refractivity contribution in [3.63, 3.8) is 0 Å². The van der Waals surface area contributed by atoms with Crippen molar-refractivity contribution in [3.05, 3.63) is 18.0 Å².